The van der Waals surface area contributed by atoms with Crippen LogP contribution in [0, 0.1) is 17.3 Å². The number of hydrogen-bond donors (Lipinski definition) is 1. The fraction of sp³-hybridized carbons (Fsp3) is 0.682. The molecule has 2 atom stereocenters. The Morgan fingerprint density at radius 1 is 1.19 bits per heavy atom. The molecule has 5 nitrogen and oxygen atoms in total. The Labute approximate surface area is 160 Å². The van der Waals surface area contributed by atoms with Crippen molar-refractivity contribution < 1.29 is 19.4 Å². The van der Waals surface area contributed by atoms with Gasteiger partial charge < -0.3 is 19.5 Å². The lowest BCUT2D eigenvalue weighted by Gasteiger charge is -2.60. The zero-order valence-electron chi connectivity index (χ0n) is 16.0. The lowest BCUT2D eigenvalue weighted by atomic mass is 9.47. The Hall–Kier alpha value is -1.75. The van der Waals surface area contributed by atoms with Crippen molar-refractivity contribution >= 4 is 5.91 Å². The summed E-state index contributed by atoms with van der Waals surface area (Å²) in [5, 5.41) is 10.9. The maximum Gasteiger partial charge on any atom is 0.223 e. The van der Waals surface area contributed by atoms with Gasteiger partial charge in [-0.05, 0) is 67.9 Å². The van der Waals surface area contributed by atoms with Gasteiger partial charge in [0.15, 0.2) is 0 Å². The molecule has 146 valence electrons. The van der Waals surface area contributed by atoms with Gasteiger partial charge in [0.2, 0.25) is 5.91 Å². The van der Waals surface area contributed by atoms with Crippen LogP contribution in [0.4, 0.5) is 0 Å². The molecule has 0 spiro atoms. The van der Waals surface area contributed by atoms with Crippen LogP contribution in [-0.2, 0) is 4.79 Å². The topological polar surface area (TPSA) is 59.0 Å². The van der Waals surface area contributed by atoms with Crippen LogP contribution in [0.3, 0.4) is 0 Å². The monoisotopic (exact) mass is 371 g/mol. The van der Waals surface area contributed by atoms with Crippen LogP contribution in [0.25, 0.3) is 0 Å². The van der Waals surface area contributed by atoms with Crippen LogP contribution in [0.2, 0.25) is 0 Å². The SMILES string of the molecule is COc1cccc(OC2CN(C(=O)CC34CC5CC(CC(O)(C5)C3)C4)C2)c1. The van der Waals surface area contributed by atoms with Gasteiger partial charge in [0.05, 0.1) is 25.8 Å². The third-order valence-electron chi connectivity index (χ3n) is 7.22. The first-order valence-electron chi connectivity index (χ1n) is 10.3. The lowest BCUT2D eigenvalue weighted by Crippen LogP contribution is -2.59. The number of amides is 1. The van der Waals surface area contributed by atoms with E-state index in [1.165, 1.54) is 6.42 Å². The number of ether oxygens (including phenoxy) is 2. The Morgan fingerprint density at radius 3 is 2.56 bits per heavy atom. The molecule has 5 aliphatic rings. The molecule has 2 unspecified atom stereocenters. The number of carbonyl (C=O) groups excluding carboxylic acids is 1. The van der Waals surface area contributed by atoms with Gasteiger partial charge in [-0.3, -0.25) is 4.79 Å². The molecule has 5 fully saturated rings. The van der Waals surface area contributed by atoms with Crippen LogP contribution in [0.5, 0.6) is 11.5 Å². The van der Waals surface area contributed by atoms with Gasteiger partial charge in [-0.15, -0.1) is 0 Å². The number of nitrogens with zero attached hydrogens (tertiary/aromatic N) is 1. The molecular formula is C22H29NO4. The first-order chi connectivity index (χ1) is 12.9. The van der Waals surface area contributed by atoms with E-state index in [2.05, 4.69) is 0 Å². The highest BCUT2D eigenvalue weighted by atomic mass is 16.5. The Kier molecular flexibility index (Phi) is 3.94. The van der Waals surface area contributed by atoms with Gasteiger partial charge in [0.25, 0.3) is 0 Å². The van der Waals surface area contributed by atoms with Crippen molar-refractivity contribution in [3.8, 4) is 11.5 Å². The quantitative estimate of drug-likeness (QED) is 0.864. The number of methoxy groups -OCH3 is 1. The van der Waals surface area contributed by atoms with Gasteiger partial charge in [0, 0.05) is 12.5 Å². The fourth-order valence-corrected chi connectivity index (χ4v) is 6.62. The highest BCUT2D eigenvalue weighted by molar-refractivity contribution is 5.78. The minimum atomic E-state index is -0.489. The molecule has 4 bridgehead atoms. The van der Waals surface area contributed by atoms with Crippen LogP contribution in [-0.4, -0.2) is 47.8 Å². The molecule has 27 heavy (non-hydrogen) atoms. The molecule has 6 rings (SSSR count). The van der Waals surface area contributed by atoms with E-state index in [9.17, 15) is 9.90 Å². The first kappa shape index (κ1) is 17.4. The Bertz CT molecular complexity index is 728. The third kappa shape index (κ3) is 3.20. The Morgan fingerprint density at radius 2 is 1.89 bits per heavy atom. The molecule has 1 amide bonds. The summed E-state index contributed by atoms with van der Waals surface area (Å²) >= 11 is 0. The van der Waals surface area contributed by atoms with Crippen molar-refractivity contribution in [2.75, 3.05) is 20.2 Å². The number of carbonyl (C=O) groups is 1. The second-order valence-corrected chi connectivity index (χ2v) is 9.58. The average Bonchev–Trinajstić information content (AvgIpc) is 2.55. The molecular weight excluding hydrogens is 342 g/mol. The van der Waals surface area contributed by atoms with Crippen molar-refractivity contribution in [3.63, 3.8) is 0 Å². The molecule has 1 heterocycles. The highest BCUT2D eigenvalue weighted by Gasteiger charge is 2.57. The number of rotatable bonds is 5. The van der Waals surface area contributed by atoms with E-state index in [1.807, 2.05) is 29.2 Å². The van der Waals surface area contributed by atoms with Crippen molar-refractivity contribution in [3.05, 3.63) is 24.3 Å². The van der Waals surface area contributed by atoms with Gasteiger partial charge in [-0.25, -0.2) is 0 Å². The summed E-state index contributed by atoms with van der Waals surface area (Å²) in [4.78, 5) is 14.8. The standard InChI is InChI=1S/C22H29NO4/c1-26-17-3-2-4-18(6-17)27-19-12-23(13-19)20(24)11-21-7-15-5-16(8-21)10-22(25,9-15)14-21/h2-4,6,15-16,19,25H,5,7-14H2,1H3. The number of likely N-dealkylation sites (tertiary alicyclic amines) is 1. The molecule has 0 aromatic heterocycles. The van der Waals surface area contributed by atoms with E-state index in [0.29, 0.717) is 31.3 Å². The molecule has 1 aromatic rings. The first-order valence-corrected chi connectivity index (χ1v) is 10.3. The largest absolute Gasteiger partial charge is 0.497 e. The van der Waals surface area contributed by atoms with Crippen molar-refractivity contribution in [1.29, 1.82) is 0 Å². The summed E-state index contributed by atoms with van der Waals surface area (Å²) in [6.07, 6.45) is 6.94. The minimum Gasteiger partial charge on any atom is -0.497 e. The summed E-state index contributed by atoms with van der Waals surface area (Å²) in [7, 11) is 1.64. The molecule has 5 heteroatoms. The summed E-state index contributed by atoms with van der Waals surface area (Å²) in [6.45, 7) is 1.31. The zero-order chi connectivity index (χ0) is 18.6. The zero-order valence-corrected chi connectivity index (χ0v) is 16.0. The van der Waals surface area contributed by atoms with Crippen molar-refractivity contribution in [2.45, 2.75) is 56.7 Å². The van der Waals surface area contributed by atoms with Gasteiger partial charge in [-0.1, -0.05) is 6.07 Å². The van der Waals surface area contributed by atoms with Gasteiger partial charge in [-0.2, -0.15) is 0 Å². The molecule has 1 N–H and O–H groups in total. The number of benzene rings is 1. The summed E-state index contributed by atoms with van der Waals surface area (Å²) in [5.74, 6) is 3.06. The lowest BCUT2D eigenvalue weighted by molar-refractivity contribution is -0.174. The summed E-state index contributed by atoms with van der Waals surface area (Å²) < 4.78 is 11.2. The average molecular weight is 371 g/mol. The molecule has 4 saturated carbocycles. The summed E-state index contributed by atoms with van der Waals surface area (Å²) in [5.41, 5.74) is -0.439. The van der Waals surface area contributed by atoms with Crippen LogP contribution < -0.4 is 9.47 Å². The fourth-order valence-electron chi connectivity index (χ4n) is 6.62. The van der Waals surface area contributed by atoms with E-state index >= 15 is 0 Å². The highest BCUT2D eigenvalue weighted by Crippen LogP contribution is 2.62. The van der Waals surface area contributed by atoms with E-state index < -0.39 is 5.60 Å². The second kappa shape index (κ2) is 6.13. The number of aliphatic hydroxyl groups is 1. The van der Waals surface area contributed by atoms with E-state index in [4.69, 9.17) is 9.47 Å². The molecule has 0 radical (unpaired) electrons. The maximum atomic E-state index is 12.9. The van der Waals surface area contributed by atoms with Crippen LogP contribution in [0.1, 0.15) is 44.9 Å². The predicted octanol–water partition coefficient (Wildman–Crippen LogP) is 3.01. The molecule has 1 aromatic carbocycles. The second-order valence-electron chi connectivity index (χ2n) is 9.58. The normalized spacial score (nSPS) is 37.2. The predicted molar refractivity (Wildman–Crippen MR) is 101 cm³/mol. The molecule has 1 saturated heterocycles. The minimum absolute atomic E-state index is 0.0503. The van der Waals surface area contributed by atoms with Crippen LogP contribution in [0.15, 0.2) is 24.3 Å². The summed E-state index contributed by atoms with van der Waals surface area (Å²) in [6, 6.07) is 7.60. The van der Waals surface area contributed by atoms with Crippen molar-refractivity contribution in [1.82, 2.24) is 4.90 Å². The smallest absolute Gasteiger partial charge is 0.223 e. The van der Waals surface area contributed by atoms with Crippen LogP contribution >= 0.6 is 0 Å². The van der Waals surface area contributed by atoms with Gasteiger partial charge >= 0.3 is 0 Å². The molecule has 1 aliphatic heterocycles. The Balaban J connectivity index is 1.17. The van der Waals surface area contributed by atoms with E-state index in [0.717, 1.165) is 43.6 Å². The molecule has 4 aliphatic carbocycles. The maximum absolute atomic E-state index is 12.9. The number of hydrogen-bond acceptors (Lipinski definition) is 4. The van der Waals surface area contributed by atoms with Crippen molar-refractivity contribution in [2.24, 2.45) is 17.3 Å². The van der Waals surface area contributed by atoms with E-state index in [-0.39, 0.29) is 17.4 Å². The van der Waals surface area contributed by atoms with Gasteiger partial charge in [0.1, 0.15) is 17.6 Å². The van der Waals surface area contributed by atoms with E-state index in [1.54, 1.807) is 7.11 Å². The third-order valence-corrected chi connectivity index (χ3v) is 7.22.